The van der Waals surface area contributed by atoms with Crippen molar-refractivity contribution in [2.45, 2.75) is 45.3 Å². The van der Waals surface area contributed by atoms with E-state index in [0.29, 0.717) is 6.04 Å². The molecule has 0 spiro atoms. The molecule has 6 nitrogen and oxygen atoms in total. The Morgan fingerprint density at radius 2 is 1.93 bits per heavy atom. The number of halogens is 1. The molecule has 152 valence electrons. The molecular formula is C20H33IN4O2. The van der Waals surface area contributed by atoms with Gasteiger partial charge in [0.1, 0.15) is 18.4 Å². The quantitative estimate of drug-likeness (QED) is 0.380. The van der Waals surface area contributed by atoms with Crippen LogP contribution in [0.2, 0.25) is 0 Å². The lowest BCUT2D eigenvalue weighted by Crippen LogP contribution is -2.50. The van der Waals surface area contributed by atoms with Crippen LogP contribution in [0.5, 0.6) is 5.75 Å². The van der Waals surface area contributed by atoms with Crippen LogP contribution in [0.4, 0.5) is 0 Å². The Kier molecular flexibility index (Phi) is 10.5. The molecule has 1 fully saturated rings. The van der Waals surface area contributed by atoms with Crippen molar-refractivity contribution in [2.75, 3.05) is 33.7 Å². The SMILES string of the molecule is CCC(C)NC(=NCC(=O)N(C)C)N1CCC(Oc2ccccc2)CC1.I. The number of carbonyl (C=O) groups excluding carboxylic acids is 1. The zero-order valence-electron chi connectivity index (χ0n) is 16.9. The summed E-state index contributed by atoms with van der Waals surface area (Å²) >= 11 is 0. The molecule has 0 bridgehead atoms. The zero-order chi connectivity index (χ0) is 18.9. The van der Waals surface area contributed by atoms with Crippen molar-refractivity contribution in [3.63, 3.8) is 0 Å². The topological polar surface area (TPSA) is 57.2 Å². The minimum absolute atomic E-state index is 0. The maximum atomic E-state index is 11.9. The van der Waals surface area contributed by atoms with Crippen molar-refractivity contribution in [1.29, 1.82) is 0 Å². The van der Waals surface area contributed by atoms with Gasteiger partial charge in [0.05, 0.1) is 0 Å². The van der Waals surface area contributed by atoms with Gasteiger partial charge in [0.15, 0.2) is 5.96 Å². The Morgan fingerprint density at radius 3 is 2.48 bits per heavy atom. The van der Waals surface area contributed by atoms with Gasteiger partial charge in [-0.25, -0.2) is 4.99 Å². The number of benzene rings is 1. The van der Waals surface area contributed by atoms with Crippen molar-refractivity contribution in [3.05, 3.63) is 30.3 Å². The first-order chi connectivity index (χ1) is 12.5. The Bertz CT molecular complexity index is 587. The summed E-state index contributed by atoms with van der Waals surface area (Å²) in [7, 11) is 3.51. The number of para-hydroxylation sites is 1. The second-order valence-corrected chi connectivity index (χ2v) is 7.00. The summed E-state index contributed by atoms with van der Waals surface area (Å²) in [4.78, 5) is 20.3. The van der Waals surface area contributed by atoms with Crippen molar-refractivity contribution in [1.82, 2.24) is 15.1 Å². The monoisotopic (exact) mass is 488 g/mol. The number of likely N-dealkylation sites (N-methyl/N-ethyl adjacent to an activating group) is 1. The van der Waals surface area contributed by atoms with Crippen molar-refractivity contribution >= 4 is 35.8 Å². The van der Waals surface area contributed by atoms with Gasteiger partial charge < -0.3 is 19.9 Å². The van der Waals surface area contributed by atoms with Gasteiger partial charge in [-0.1, -0.05) is 25.1 Å². The molecule has 27 heavy (non-hydrogen) atoms. The highest BCUT2D eigenvalue weighted by molar-refractivity contribution is 14.0. The summed E-state index contributed by atoms with van der Waals surface area (Å²) in [5.74, 6) is 1.76. The molecule has 0 radical (unpaired) electrons. The van der Waals surface area contributed by atoms with Crippen LogP contribution in [0.1, 0.15) is 33.1 Å². The van der Waals surface area contributed by atoms with E-state index < -0.39 is 0 Å². The van der Waals surface area contributed by atoms with Crippen molar-refractivity contribution in [3.8, 4) is 5.75 Å². The van der Waals surface area contributed by atoms with Gasteiger partial charge in [-0.3, -0.25) is 4.79 Å². The molecule has 1 saturated heterocycles. The average Bonchev–Trinajstić information content (AvgIpc) is 2.66. The third-order valence-electron chi connectivity index (χ3n) is 4.64. The minimum Gasteiger partial charge on any atom is -0.490 e. The molecule has 0 aliphatic carbocycles. The van der Waals surface area contributed by atoms with E-state index in [1.807, 2.05) is 30.3 Å². The molecule has 1 aromatic carbocycles. The van der Waals surface area contributed by atoms with Crippen LogP contribution < -0.4 is 10.1 Å². The third-order valence-corrected chi connectivity index (χ3v) is 4.64. The number of aliphatic imine (C=N–C) groups is 1. The standard InChI is InChI=1S/C20H32N4O2.HI/c1-5-16(2)22-20(21-15-19(25)23(3)4)24-13-11-18(12-14-24)26-17-9-7-6-8-10-17;/h6-10,16,18H,5,11-15H2,1-4H3,(H,21,22);1H. The van der Waals surface area contributed by atoms with Gasteiger partial charge in [0, 0.05) is 46.1 Å². The number of hydrogen-bond donors (Lipinski definition) is 1. The molecule has 7 heteroatoms. The number of nitrogens with zero attached hydrogens (tertiary/aromatic N) is 3. The lowest BCUT2D eigenvalue weighted by Gasteiger charge is -2.35. The van der Waals surface area contributed by atoms with E-state index in [1.54, 1.807) is 19.0 Å². The van der Waals surface area contributed by atoms with Crippen LogP contribution in [0, 0.1) is 0 Å². The highest BCUT2D eigenvalue weighted by Gasteiger charge is 2.23. The van der Waals surface area contributed by atoms with E-state index in [9.17, 15) is 4.79 Å². The van der Waals surface area contributed by atoms with Gasteiger partial charge in [-0.2, -0.15) is 0 Å². The molecular weight excluding hydrogens is 455 g/mol. The second kappa shape index (κ2) is 12.0. The Hall–Kier alpha value is -1.51. The van der Waals surface area contributed by atoms with Crippen LogP contribution in [0.15, 0.2) is 35.3 Å². The van der Waals surface area contributed by atoms with E-state index in [4.69, 9.17) is 4.74 Å². The van der Waals surface area contributed by atoms with Crippen molar-refractivity contribution < 1.29 is 9.53 Å². The fraction of sp³-hybridized carbons (Fsp3) is 0.600. The number of guanidine groups is 1. The number of ether oxygens (including phenoxy) is 1. The summed E-state index contributed by atoms with van der Waals surface area (Å²) in [6.07, 6.45) is 3.12. The third kappa shape index (κ3) is 7.94. The van der Waals surface area contributed by atoms with Gasteiger partial charge in [0.2, 0.25) is 5.91 Å². The van der Waals surface area contributed by atoms with Gasteiger partial charge in [-0.05, 0) is 25.5 Å². The fourth-order valence-corrected chi connectivity index (χ4v) is 2.72. The predicted octanol–water partition coefficient (Wildman–Crippen LogP) is 2.98. The van der Waals surface area contributed by atoms with Crippen molar-refractivity contribution in [2.24, 2.45) is 4.99 Å². The maximum Gasteiger partial charge on any atom is 0.243 e. The van der Waals surface area contributed by atoms with Gasteiger partial charge in [-0.15, -0.1) is 24.0 Å². The fourth-order valence-electron chi connectivity index (χ4n) is 2.72. The van der Waals surface area contributed by atoms with Gasteiger partial charge >= 0.3 is 0 Å². The lowest BCUT2D eigenvalue weighted by atomic mass is 10.1. The number of likely N-dealkylation sites (tertiary alicyclic amines) is 1. The molecule has 1 aliphatic heterocycles. The summed E-state index contributed by atoms with van der Waals surface area (Å²) < 4.78 is 6.07. The van der Waals surface area contributed by atoms with Crippen LogP contribution in [0.25, 0.3) is 0 Å². The Morgan fingerprint density at radius 1 is 1.30 bits per heavy atom. The number of hydrogen-bond acceptors (Lipinski definition) is 3. The molecule has 1 unspecified atom stereocenters. The van der Waals surface area contributed by atoms with E-state index in [2.05, 4.69) is 29.1 Å². The molecule has 1 aliphatic rings. The maximum absolute atomic E-state index is 11.9. The van der Waals surface area contributed by atoms with Crippen LogP contribution >= 0.6 is 24.0 Å². The largest absolute Gasteiger partial charge is 0.490 e. The smallest absolute Gasteiger partial charge is 0.243 e. The summed E-state index contributed by atoms with van der Waals surface area (Å²) in [5.41, 5.74) is 0. The molecule has 1 aromatic rings. The number of nitrogens with one attached hydrogen (secondary N) is 1. The van der Waals surface area contributed by atoms with E-state index in [0.717, 1.165) is 44.1 Å². The molecule has 1 amide bonds. The second-order valence-electron chi connectivity index (χ2n) is 7.00. The first-order valence-electron chi connectivity index (χ1n) is 9.47. The number of rotatable bonds is 6. The zero-order valence-corrected chi connectivity index (χ0v) is 19.2. The highest BCUT2D eigenvalue weighted by atomic mass is 127. The molecule has 1 atom stereocenters. The summed E-state index contributed by atoms with van der Waals surface area (Å²) in [5, 5.41) is 3.46. The average molecular weight is 488 g/mol. The van der Waals surface area contributed by atoms with E-state index in [1.165, 1.54) is 0 Å². The molecule has 1 N–H and O–H groups in total. The first-order valence-corrected chi connectivity index (χ1v) is 9.47. The van der Waals surface area contributed by atoms with E-state index in [-0.39, 0.29) is 42.5 Å². The van der Waals surface area contributed by atoms with Crippen LogP contribution in [0.3, 0.4) is 0 Å². The summed E-state index contributed by atoms with van der Waals surface area (Å²) in [6.45, 7) is 6.19. The molecule has 1 heterocycles. The van der Waals surface area contributed by atoms with Crippen LogP contribution in [-0.2, 0) is 4.79 Å². The highest BCUT2D eigenvalue weighted by Crippen LogP contribution is 2.18. The minimum atomic E-state index is 0. The number of carbonyl (C=O) groups is 1. The molecule has 2 rings (SSSR count). The van der Waals surface area contributed by atoms with E-state index >= 15 is 0 Å². The lowest BCUT2D eigenvalue weighted by molar-refractivity contribution is -0.127. The Balaban J connectivity index is 0.00000364. The normalized spacial score (nSPS) is 16.3. The van der Waals surface area contributed by atoms with Crippen LogP contribution in [-0.4, -0.2) is 67.5 Å². The first kappa shape index (κ1) is 23.5. The molecule has 0 saturated carbocycles. The summed E-state index contributed by atoms with van der Waals surface area (Å²) in [6, 6.07) is 10.3. The molecule has 0 aromatic heterocycles. The Labute approximate surface area is 180 Å². The predicted molar refractivity (Wildman–Crippen MR) is 121 cm³/mol. The van der Waals surface area contributed by atoms with Gasteiger partial charge in [0.25, 0.3) is 0 Å². The number of amides is 1. The number of piperidine rings is 1.